The predicted molar refractivity (Wildman–Crippen MR) is 75.8 cm³/mol. The highest BCUT2D eigenvalue weighted by Gasteiger charge is 2.33. The quantitative estimate of drug-likeness (QED) is 0.617. The number of carbonyl (C=O) groups is 1. The highest BCUT2D eigenvalue weighted by atomic mass is 32.2. The Labute approximate surface area is 117 Å². The average Bonchev–Trinajstić information content (AvgIpc) is 2.42. The Morgan fingerprint density at radius 3 is 2.84 bits per heavy atom. The number of hydrogen-bond donors (Lipinski definition) is 1. The second-order valence-electron chi connectivity index (χ2n) is 4.50. The molecular weight excluding hydrogens is 265 g/mol. The van der Waals surface area contributed by atoms with Crippen LogP contribution in [-0.2, 0) is 9.53 Å². The first-order chi connectivity index (χ1) is 9.01. The molecule has 19 heavy (non-hydrogen) atoms. The number of benzene rings is 1. The lowest BCUT2D eigenvalue weighted by Gasteiger charge is -2.27. The molecule has 1 N–H and O–H groups in total. The highest BCUT2D eigenvalue weighted by Crippen LogP contribution is 2.24. The lowest BCUT2D eigenvalue weighted by atomic mass is 10.1. The first-order valence-corrected chi connectivity index (χ1v) is 7.22. The molecule has 1 aromatic rings. The zero-order chi connectivity index (χ0) is 14.3. The molecule has 0 amide bonds. The van der Waals surface area contributed by atoms with Gasteiger partial charge in [-0.25, -0.2) is 4.39 Å². The van der Waals surface area contributed by atoms with Gasteiger partial charge in [0.15, 0.2) is 0 Å². The molecular formula is C14H20FNO2S. The number of rotatable bonds is 7. The normalized spacial score (nSPS) is 13.9. The van der Waals surface area contributed by atoms with E-state index in [-0.39, 0.29) is 11.8 Å². The Balaban J connectivity index is 2.70. The fourth-order valence-corrected chi connectivity index (χ4v) is 2.64. The predicted octanol–water partition coefficient (Wildman–Crippen LogP) is 2.85. The van der Waals surface area contributed by atoms with Crippen molar-refractivity contribution in [3.05, 3.63) is 30.1 Å². The summed E-state index contributed by atoms with van der Waals surface area (Å²) < 4.78 is 17.9. The SMILES string of the molecule is CCCNC(C)(CSc1cccc(F)c1)C(=O)OC. The van der Waals surface area contributed by atoms with Crippen molar-refractivity contribution >= 4 is 17.7 Å². The van der Waals surface area contributed by atoms with Crippen LogP contribution in [0.3, 0.4) is 0 Å². The van der Waals surface area contributed by atoms with Crippen LogP contribution in [0.15, 0.2) is 29.2 Å². The molecule has 0 spiro atoms. The third-order valence-corrected chi connectivity index (χ3v) is 4.03. The van der Waals surface area contributed by atoms with Crippen molar-refractivity contribution in [1.29, 1.82) is 0 Å². The summed E-state index contributed by atoms with van der Waals surface area (Å²) in [5.74, 6) is -0.0838. The third-order valence-electron chi connectivity index (χ3n) is 2.72. The Bertz CT molecular complexity index is 428. The number of hydrogen-bond acceptors (Lipinski definition) is 4. The van der Waals surface area contributed by atoms with Gasteiger partial charge in [0, 0.05) is 10.6 Å². The van der Waals surface area contributed by atoms with Gasteiger partial charge in [-0.05, 0) is 38.1 Å². The molecule has 3 nitrogen and oxygen atoms in total. The molecule has 0 bridgehead atoms. The molecule has 1 rings (SSSR count). The van der Waals surface area contributed by atoms with Gasteiger partial charge in [0.25, 0.3) is 0 Å². The van der Waals surface area contributed by atoms with Crippen LogP contribution < -0.4 is 5.32 Å². The van der Waals surface area contributed by atoms with Crippen LogP contribution in [0, 0.1) is 5.82 Å². The van der Waals surface area contributed by atoms with E-state index in [1.54, 1.807) is 13.0 Å². The molecule has 0 aliphatic heterocycles. The van der Waals surface area contributed by atoms with E-state index in [4.69, 9.17) is 4.74 Å². The Morgan fingerprint density at radius 1 is 1.53 bits per heavy atom. The first-order valence-electron chi connectivity index (χ1n) is 6.23. The van der Waals surface area contributed by atoms with Crippen molar-refractivity contribution in [3.8, 4) is 0 Å². The molecule has 0 saturated heterocycles. The van der Waals surface area contributed by atoms with Gasteiger partial charge >= 0.3 is 5.97 Å². The molecule has 0 fully saturated rings. The van der Waals surface area contributed by atoms with Crippen molar-refractivity contribution in [3.63, 3.8) is 0 Å². The van der Waals surface area contributed by atoms with Gasteiger partial charge < -0.3 is 10.1 Å². The first kappa shape index (κ1) is 16.0. The van der Waals surface area contributed by atoms with Gasteiger partial charge in [0.05, 0.1) is 7.11 Å². The molecule has 0 heterocycles. The molecule has 0 aromatic heterocycles. The minimum atomic E-state index is -0.762. The summed E-state index contributed by atoms with van der Waals surface area (Å²) in [4.78, 5) is 12.7. The maximum atomic E-state index is 13.1. The largest absolute Gasteiger partial charge is 0.468 e. The number of esters is 1. The lowest BCUT2D eigenvalue weighted by Crippen LogP contribution is -2.52. The van der Waals surface area contributed by atoms with Crippen LogP contribution in [0.5, 0.6) is 0 Å². The van der Waals surface area contributed by atoms with Gasteiger partial charge in [-0.1, -0.05) is 13.0 Å². The summed E-state index contributed by atoms with van der Waals surface area (Å²) in [5, 5.41) is 3.19. The maximum absolute atomic E-state index is 13.1. The van der Waals surface area contributed by atoms with Crippen LogP contribution in [0.1, 0.15) is 20.3 Å². The van der Waals surface area contributed by atoms with Crippen molar-refractivity contribution in [2.45, 2.75) is 30.7 Å². The lowest BCUT2D eigenvalue weighted by molar-refractivity contribution is -0.146. The fourth-order valence-electron chi connectivity index (χ4n) is 1.59. The molecule has 0 saturated carbocycles. The summed E-state index contributed by atoms with van der Waals surface area (Å²) >= 11 is 1.43. The number of halogens is 1. The van der Waals surface area contributed by atoms with Crippen LogP contribution >= 0.6 is 11.8 Å². The molecule has 1 atom stereocenters. The summed E-state index contributed by atoms with van der Waals surface area (Å²) in [5.41, 5.74) is -0.762. The van der Waals surface area contributed by atoms with Crippen molar-refractivity contribution in [1.82, 2.24) is 5.32 Å². The topological polar surface area (TPSA) is 38.3 Å². The van der Waals surface area contributed by atoms with Gasteiger partial charge in [0.2, 0.25) is 0 Å². The zero-order valence-electron chi connectivity index (χ0n) is 11.5. The van der Waals surface area contributed by atoms with E-state index in [2.05, 4.69) is 5.32 Å². The summed E-state index contributed by atoms with van der Waals surface area (Å²) in [6.07, 6.45) is 0.928. The van der Waals surface area contributed by atoms with Gasteiger partial charge in [-0.2, -0.15) is 0 Å². The Hall–Kier alpha value is -1.07. The summed E-state index contributed by atoms with van der Waals surface area (Å²) in [6.45, 7) is 4.57. The van der Waals surface area contributed by atoms with Crippen molar-refractivity contribution in [2.75, 3.05) is 19.4 Å². The number of ether oxygens (including phenoxy) is 1. The maximum Gasteiger partial charge on any atom is 0.326 e. The second-order valence-corrected chi connectivity index (χ2v) is 5.55. The zero-order valence-corrected chi connectivity index (χ0v) is 12.3. The number of methoxy groups -OCH3 is 1. The van der Waals surface area contributed by atoms with Gasteiger partial charge in [-0.15, -0.1) is 11.8 Å². The minimum Gasteiger partial charge on any atom is -0.468 e. The van der Waals surface area contributed by atoms with Crippen LogP contribution in [-0.4, -0.2) is 30.9 Å². The molecule has 0 aliphatic rings. The van der Waals surface area contributed by atoms with Gasteiger partial charge in [0.1, 0.15) is 11.4 Å². The number of nitrogens with one attached hydrogen (secondary N) is 1. The van der Waals surface area contributed by atoms with Crippen molar-refractivity contribution < 1.29 is 13.9 Å². The van der Waals surface area contributed by atoms with E-state index in [0.717, 1.165) is 17.9 Å². The third kappa shape index (κ3) is 4.84. The summed E-state index contributed by atoms with van der Waals surface area (Å²) in [6, 6.07) is 6.35. The molecule has 1 aromatic carbocycles. The van der Waals surface area contributed by atoms with E-state index >= 15 is 0 Å². The van der Waals surface area contributed by atoms with E-state index in [9.17, 15) is 9.18 Å². The molecule has 5 heteroatoms. The van der Waals surface area contributed by atoms with E-state index in [1.165, 1.54) is 31.0 Å². The Kier molecular flexibility index (Phi) is 6.31. The standard InChI is InChI=1S/C14H20FNO2S/c1-4-8-16-14(2,13(17)18-3)10-19-12-7-5-6-11(15)9-12/h5-7,9,16H,4,8,10H2,1-3H3. The molecule has 0 radical (unpaired) electrons. The van der Waals surface area contributed by atoms with E-state index < -0.39 is 5.54 Å². The van der Waals surface area contributed by atoms with E-state index in [0.29, 0.717) is 5.75 Å². The number of thioether (sulfide) groups is 1. The molecule has 106 valence electrons. The fraction of sp³-hybridized carbons (Fsp3) is 0.500. The van der Waals surface area contributed by atoms with Gasteiger partial charge in [-0.3, -0.25) is 4.79 Å². The average molecular weight is 285 g/mol. The van der Waals surface area contributed by atoms with Crippen molar-refractivity contribution in [2.24, 2.45) is 0 Å². The van der Waals surface area contributed by atoms with E-state index in [1.807, 2.05) is 13.0 Å². The molecule has 0 aliphatic carbocycles. The highest BCUT2D eigenvalue weighted by molar-refractivity contribution is 7.99. The summed E-state index contributed by atoms with van der Waals surface area (Å²) in [7, 11) is 1.38. The minimum absolute atomic E-state index is 0.272. The van der Waals surface area contributed by atoms with Crippen LogP contribution in [0.4, 0.5) is 4.39 Å². The smallest absolute Gasteiger partial charge is 0.326 e. The molecule has 1 unspecified atom stereocenters. The monoisotopic (exact) mass is 285 g/mol. The number of carbonyl (C=O) groups excluding carboxylic acids is 1. The Morgan fingerprint density at radius 2 is 2.26 bits per heavy atom. The van der Waals surface area contributed by atoms with Crippen LogP contribution in [0.2, 0.25) is 0 Å². The second kappa shape index (κ2) is 7.50. The van der Waals surface area contributed by atoms with Crippen LogP contribution in [0.25, 0.3) is 0 Å².